The number of rotatable bonds is 6. The third kappa shape index (κ3) is 5.14. The van der Waals surface area contributed by atoms with E-state index in [-0.39, 0.29) is 18.3 Å². The predicted molar refractivity (Wildman–Crippen MR) is 141 cm³/mol. The fourth-order valence-corrected chi connectivity index (χ4v) is 5.86. The van der Waals surface area contributed by atoms with Crippen molar-refractivity contribution in [1.82, 2.24) is 10.4 Å². The molecule has 1 fully saturated rings. The molecule has 1 aliphatic heterocycles. The lowest BCUT2D eigenvalue weighted by Gasteiger charge is -2.46. The second kappa shape index (κ2) is 11.1. The van der Waals surface area contributed by atoms with Crippen LogP contribution in [0.15, 0.2) is 72.8 Å². The lowest BCUT2D eigenvalue weighted by Crippen LogP contribution is -2.54. The third-order valence-electron chi connectivity index (χ3n) is 7.05. The first kappa shape index (κ1) is 25.5. The maximum Gasteiger partial charge on any atom is 0.255 e. The number of amides is 2. The summed E-state index contributed by atoms with van der Waals surface area (Å²) in [7, 11) is 0. The average Bonchev–Trinajstić information content (AvgIpc) is 2.90. The zero-order valence-electron chi connectivity index (χ0n) is 20.0. The van der Waals surface area contributed by atoms with Crippen LogP contribution in [0.3, 0.4) is 0 Å². The summed E-state index contributed by atoms with van der Waals surface area (Å²) in [6.07, 6.45) is 2.54. The smallest absolute Gasteiger partial charge is 0.255 e. The van der Waals surface area contributed by atoms with Gasteiger partial charge in [-0.2, -0.15) is 0 Å². The van der Waals surface area contributed by atoms with Crippen LogP contribution in [0.4, 0.5) is 0 Å². The normalized spacial score (nSPS) is 21.5. The molecular formula is C29H26Cl2N2O4. The molecule has 1 aliphatic carbocycles. The summed E-state index contributed by atoms with van der Waals surface area (Å²) in [5.41, 5.74) is 4.99. The molecule has 0 bridgehead atoms. The van der Waals surface area contributed by atoms with Crippen molar-refractivity contribution in [2.45, 2.75) is 50.3 Å². The molecule has 190 valence electrons. The molecular weight excluding hydrogens is 511 g/mol. The molecule has 0 aromatic heterocycles. The van der Waals surface area contributed by atoms with E-state index in [1.54, 1.807) is 47.4 Å². The summed E-state index contributed by atoms with van der Waals surface area (Å²) in [6.45, 7) is 0.178. The summed E-state index contributed by atoms with van der Waals surface area (Å²) in [6, 6.07) is 20.0. The maximum atomic E-state index is 13.9. The topological polar surface area (TPSA) is 75.7 Å². The van der Waals surface area contributed by atoms with Crippen molar-refractivity contribution < 1.29 is 19.2 Å². The van der Waals surface area contributed by atoms with Crippen LogP contribution in [0.1, 0.15) is 64.7 Å². The van der Waals surface area contributed by atoms with E-state index in [9.17, 15) is 14.4 Å². The number of hydrogen-bond donors (Lipinski definition) is 1. The molecule has 5 rings (SSSR count). The van der Waals surface area contributed by atoms with Gasteiger partial charge in [0.25, 0.3) is 11.8 Å². The van der Waals surface area contributed by atoms with Gasteiger partial charge >= 0.3 is 0 Å². The van der Waals surface area contributed by atoms with Gasteiger partial charge in [-0.1, -0.05) is 84.2 Å². The van der Waals surface area contributed by atoms with Crippen LogP contribution in [0.2, 0.25) is 10.0 Å². The van der Waals surface area contributed by atoms with E-state index >= 15 is 0 Å². The second-order valence-electron chi connectivity index (χ2n) is 9.36. The van der Waals surface area contributed by atoms with Crippen LogP contribution in [-0.2, 0) is 21.0 Å². The van der Waals surface area contributed by atoms with Gasteiger partial charge in [0.1, 0.15) is 0 Å². The summed E-state index contributed by atoms with van der Waals surface area (Å²) < 4.78 is 0. The minimum Gasteiger partial charge on any atom is -0.320 e. The SMILES string of the molecule is O=C(NOCc1ccccc1)[C@H]1c2ccccc2C(=O)N([C@H]2CCCCC2=O)[C@@H]1c1ccc(Cl)cc1Cl. The Bertz CT molecular complexity index is 1330. The van der Waals surface area contributed by atoms with Gasteiger partial charge in [-0.05, 0) is 47.7 Å². The number of nitrogens with zero attached hydrogens (tertiary/aromatic N) is 1. The predicted octanol–water partition coefficient (Wildman–Crippen LogP) is 6.03. The van der Waals surface area contributed by atoms with Crippen molar-refractivity contribution >= 4 is 40.8 Å². The van der Waals surface area contributed by atoms with E-state index in [2.05, 4.69) is 5.48 Å². The zero-order chi connectivity index (χ0) is 25.9. The molecule has 3 aromatic rings. The van der Waals surface area contributed by atoms with E-state index in [0.29, 0.717) is 39.6 Å². The number of hydrogen-bond acceptors (Lipinski definition) is 4. The molecule has 0 unspecified atom stereocenters. The van der Waals surface area contributed by atoms with Crippen LogP contribution in [-0.4, -0.2) is 28.5 Å². The van der Waals surface area contributed by atoms with Crippen LogP contribution in [0.25, 0.3) is 0 Å². The number of halogens is 2. The Balaban J connectivity index is 1.58. The van der Waals surface area contributed by atoms with Gasteiger partial charge in [0, 0.05) is 22.0 Å². The fourth-order valence-electron chi connectivity index (χ4n) is 5.34. The summed E-state index contributed by atoms with van der Waals surface area (Å²) in [4.78, 5) is 48.0. The van der Waals surface area contributed by atoms with Crippen molar-refractivity contribution in [1.29, 1.82) is 0 Å². The van der Waals surface area contributed by atoms with Crippen LogP contribution in [0, 0.1) is 0 Å². The molecule has 8 heteroatoms. The lowest BCUT2D eigenvalue weighted by molar-refractivity contribution is -0.139. The van der Waals surface area contributed by atoms with Crippen LogP contribution in [0.5, 0.6) is 0 Å². The molecule has 0 saturated heterocycles. The first-order valence-electron chi connectivity index (χ1n) is 12.3. The minimum atomic E-state index is -0.863. The van der Waals surface area contributed by atoms with Gasteiger partial charge in [0.15, 0.2) is 5.78 Å². The van der Waals surface area contributed by atoms with Gasteiger partial charge in [-0.15, -0.1) is 0 Å². The first-order valence-corrected chi connectivity index (χ1v) is 13.1. The van der Waals surface area contributed by atoms with Crippen LogP contribution < -0.4 is 5.48 Å². The number of benzene rings is 3. The molecule has 37 heavy (non-hydrogen) atoms. The van der Waals surface area contributed by atoms with Crippen molar-refractivity contribution in [2.75, 3.05) is 0 Å². The van der Waals surface area contributed by atoms with E-state index < -0.39 is 23.9 Å². The molecule has 2 amide bonds. The molecule has 6 nitrogen and oxygen atoms in total. The largest absolute Gasteiger partial charge is 0.320 e. The number of carbonyl (C=O) groups is 3. The van der Waals surface area contributed by atoms with E-state index in [0.717, 1.165) is 18.4 Å². The highest BCUT2D eigenvalue weighted by Gasteiger charge is 2.49. The standard InChI is InChI=1S/C29H26Cl2N2O4/c30-19-14-15-22(23(31)16-19)27-26(28(35)32-37-17-18-8-2-1-3-9-18)20-10-4-5-11-21(20)29(36)33(27)24-12-6-7-13-25(24)34/h1-5,8-11,14-16,24,26-27H,6-7,12-13,17H2,(H,32,35)/t24-,26-,27+/m0/s1. The minimum absolute atomic E-state index is 0.00597. The van der Waals surface area contributed by atoms with Crippen molar-refractivity contribution in [3.05, 3.63) is 105 Å². The number of Topliss-reactive ketones (excluding diaryl/α,β-unsaturated/α-hetero) is 1. The summed E-state index contributed by atoms with van der Waals surface area (Å²) in [5, 5.41) is 0.754. The maximum absolute atomic E-state index is 13.9. The Kier molecular flexibility index (Phi) is 7.60. The lowest BCUT2D eigenvalue weighted by atomic mass is 9.77. The highest BCUT2D eigenvalue weighted by molar-refractivity contribution is 6.35. The molecule has 2 aliphatic rings. The van der Waals surface area contributed by atoms with E-state index in [1.165, 1.54) is 0 Å². The molecule has 3 atom stereocenters. The Labute approximate surface area is 225 Å². The number of nitrogens with one attached hydrogen (secondary N) is 1. The number of carbonyl (C=O) groups excluding carboxylic acids is 3. The van der Waals surface area contributed by atoms with Crippen molar-refractivity contribution in [2.24, 2.45) is 0 Å². The summed E-state index contributed by atoms with van der Waals surface area (Å²) >= 11 is 12.8. The fraction of sp³-hybridized carbons (Fsp3) is 0.276. The molecule has 1 saturated carbocycles. The zero-order valence-corrected chi connectivity index (χ0v) is 21.5. The van der Waals surface area contributed by atoms with Crippen LogP contribution >= 0.6 is 23.2 Å². The molecule has 1 heterocycles. The quantitative estimate of drug-likeness (QED) is 0.390. The Morgan fingerprint density at radius 3 is 2.46 bits per heavy atom. The Morgan fingerprint density at radius 1 is 0.946 bits per heavy atom. The number of ketones is 1. The monoisotopic (exact) mass is 536 g/mol. The summed E-state index contributed by atoms with van der Waals surface area (Å²) in [5.74, 6) is -1.59. The van der Waals surface area contributed by atoms with Gasteiger partial charge in [0.2, 0.25) is 0 Å². The molecule has 0 spiro atoms. The highest BCUT2D eigenvalue weighted by Crippen LogP contribution is 2.47. The van der Waals surface area contributed by atoms with Gasteiger partial charge in [0.05, 0.1) is 24.6 Å². The van der Waals surface area contributed by atoms with Gasteiger partial charge < -0.3 is 4.90 Å². The molecule has 0 radical (unpaired) electrons. The molecule has 1 N–H and O–H groups in total. The average molecular weight is 537 g/mol. The Hall–Kier alpha value is -3.19. The van der Waals surface area contributed by atoms with E-state index in [1.807, 2.05) is 30.3 Å². The van der Waals surface area contributed by atoms with Gasteiger partial charge in [-0.25, -0.2) is 5.48 Å². The molecule has 3 aromatic carbocycles. The Morgan fingerprint density at radius 2 is 1.70 bits per heavy atom. The van der Waals surface area contributed by atoms with E-state index in [4.69, 9.17) is 28.0 Å². The third-order valence-corrected chi connectivity index (χ3v) is 7.61. The first-order chi connectivity index (χ1) is 18.0. The number of hydroxylamine groups is 1. The van der Waals surface area contributed by atoms with Crippen molar-refractivity contribution in [3.8, 4) is 0 Å². The van der Waals surface area contributed by atoms with Crippen molar-refractivity contribution in [3.63, 3.8) is 0 Å². The second-order valence-corrected chi connectivity index (χ2v) is 10.2. The number of fused-ring (bicyclic) bond motifs is 1. The van der Waals surface area contributed by atoms with Gasteiger partial charge in [-0.3, -0.25) is 19.2 Å². The highest BCUT2D eigenvalue weighted by atomic mass is 35.5.